The maximum atomic E-state index is 11.9. The number of hydrogen-bond acceptors (Lipinski definition) is 4. The Morgan fingerprint density at radius 1 is 1.24 bits per heavy atom. The Morgan fingerprint density at radius 3 is 2.76 bits per heavy atom. The quantitative estimate of drug-likeness (QED) is 0.607. The summed E-state index contributed by atoms with van der Waals surface area (Å²) in [7, 11) is 5.81. The van der Waals surface area contributed by atoms with Crippen LogP contribution in [0.2, 0.25) is 0 Å². The summed E-state index contributed by atoms with van der Waals surface area (Å²) in [6, 6.07) is 11.3. The van der Waals surface area contributed by atoms with Crippen molar-refractivity contribution >= 4 is 11.0 Å². The highest BCUT2D eigenvalue weighted by Gasteiger charge is 2.22. The van der Waals surface area contributed by atoms with E-state index in [0.717, 1.165) is 23.3 Å². The molecule has 0 fully saturated rings. The van der Waals surface area contributed by atoms with Gasteiger partial charge in [-0.05, 0) is 24.3 Å². The van der Waals surface area contributed by atoms with Gasteiger partial charge in [0.25, 0.3) is 0 Å². The molecule has 2 heterocycles. The van der Waals surface area contributed by atoms with Crippen LogP contribution < -0.4 is 20.6 Å². The molecule has 0 amide bonds. The molecule has 1 aromatic carbocycles. The Hall–Kier alpha value is -2.57. The third-order valence-electron chi connectivity index (χ3n) is 4.39. The Kier molecular flexibility index (Phi) is 5.21. The minimum absolute atomic E-state index is 0.251. The molecule has 1 atom stereocenters. The zero-order chi connectivity index (χ0) is 17.8. The first kappa shape index (κ1) is 17.3. The molecule has 0 bridgehead atoms. The molecule has 25 heavy (non-hydrogen) atoms. The lowest BCUT2D eigenvalue weighted by Crippen LogP contribution is -3.09. The van der Waals surface area contributed by atoms with Crippen LogP contribution in [0.1, 0.15) is 17.4 Å². The van der Waals surface area contributed by atoms with Gasteiger partial charge in [0.05, 0.1) is 27.5 Å². The minimum Gasteiger partial charge on any atom is -0.497 e. The van der Waals surface area contributed by atoms with Gasteiger partial charge < -0.3 is 23.8 Å². The molecular formula is C19H24N2O4+2. The number of fused-ring (bicyclic) bond motifs is 1. The van der Waals surface area contributed by atoms with Gasteiger partial charge in [0.1, 0.15) is 24.4 Å². The largest absolute Gasteiger partial charge is 0.497 e. The van der Waals surface area contributed by atoms with Crippen molar-refractivity contribution in [2.45, 2.75) is 12.6 Å². The molecule has 3 N–H and O–H groups in total. The summed E-state index contributed by atoms with van der Waals surface area (Å²) in [4.78, 5) is 13.2. The van der Waals surface area contributed by atoms with Crippen LogP contribution in [0.25, 0.3) is 11.0 Å². The van der Waals surface area contributed by atoms with E-state index in [2.05, 4.69) is 19.4 Å². The van der Waals surface area contributed by atoms with Crippen molar-refractivity contribution in [1.29, 1.82) is 0 Å². The fourth-order valence-corrected chi connectivity index (χ4v) is 3.04. The first-order valence-electron chi connectivity index (χ1n) is 8.34. The van der Waals surface area contributed by atoms with E-state index in [1.165, 1.54) is 4.90 Å². The number of ether oxygens (including phenoxy) is 1. The van der Waals surface area contributed by atoms with E-state index in [0.29, 0.717) is 17.9 Å². The number of furan rings is 1. The molecule has 0 radical (unpaired) electrons. The van der Waals surface area contributed by atoms with Crippen molar-refractivity contribution in [3.63, 3.8) is 0 Å². The van der Waals surface area contributed by atoms with Crippen molar-refractivity contribution < 1.29 is 23.8 Å². The van der Waals surface area contributed by atoms with Crippen molar-refractivity contribution in [3.05, 3.63) is 64.4 Å². The molecule has 0 aliphatic heterocycles. The molecule has 132 valence electrons. The van der Waals surface area contributed by atoms with E-state index < -0.39 is 0 Å². The molecule has 2 aromatic heterocycles. The second-order valence-corrected chi connectivity index (χ2v) is 6.33. The number of nitrogens with two attached hydrogens (primary N) is 1. The van der Waals surface area contributed by atoms with Gasteiger partial charge in [-0.25, -0.2) is 4.79 Å². The summed E-state index contributed by atoms with van der Waals surface area (Å²) in [5.41, 5.74) is 1.17. The van der Waals surface area contributed by atoms with Gasteiger partial charge >= 0.3 is 5.63 Å². The van der Waals surface area contributed by atoms with Gasteiger partial charge in [-0.1, -0.05) is 0 Å². The maximum Gasteiger partial charge on any atom is 0.336 e. The molecule has 6 nitrogen and oxygen atoms in total. The lowest BCUT2D eigenvalue weighted by molar-refractivity contribution is -0.911. The third kappa shape index (κ3) is 3.92. The van der Waals surface area contributed by atoms with Crippen LogP contribution in [0.15, 0.2) is 56.3 Å². The minimum atomic E-state index is -0.343. The Labute approximate surface area is 146 Å². The molecule has 0 aliphatic carbocycles. The predicted molar refractivity (Wildman–Crippen MR) is 93.8 cm³/mol. The standard InChI is InChI=1S/C19H22N2O4/c1-21(2)16(17-5-4-8-24-17)12-20-11-13-9-19(22)25-18-10-14(23-3)6-7-15(13)18/h4-10,16,20H,11-12H2,1-3H3/p+2/t16-/m0/s1. The fourth-order valence-electron chi connectivity index (χ4n) is 3.04. The van der Waals surface area contributed by atoms with Crippen LogP contribution in [0, 0.1) is 0 Å². The Morgan fingerprint density at radius 2 is 2.08 bits per heavy atom. The molecular weight excluding hydrogens is 320 g/mol. The SMILES string of the molecule is COc1ccc2c(C[NH2+]C[C@@H](c3ccco3)[NH+](C)C)cc(=O)oc2c1. The number of rotatable bonds is 7. The van der Waals surface area contributed by atoms with Gasteiger partial charge in [-0.15, -0.1) is 0 Å². The van der Waals surface area contributed by atoms with E-state index in [1.54, 1.807) is 25.5 Å². The molecule has 0 spiro atoms. The van der Waals surface area contributed by atoms with Gasteiger partial charge in [-0.3, -0.25) is 0 Å². The van der Waals surface area contributed by atoms with E-state index in [-0.39, 0.29) is 11.7 Å². The van der Waals surface area contributed by atoms with E-state index in [9.17, 15) is 4.79 Å². The van der Waals surface area contributed by atoms with Crippen LogP contribution in [0.5, 0.6) is 5.75 Å². The van der Waals surface area contributed by atoms with E-state index in [1.807, 2.05) is 24.3 Å². The number of quaternary nitrogens is 2. The summed E-state index contributed by atoms with van der Waals surface area (Å²) in [5.74, 6) is 1.64. The third-order valence-corrected chi connectivity index (χ3v) is 4.39. The molecule has 0 saturated heterocycles. The zero-order valence-corrected chi connectivity index (χ0v) is 14.7. The van der Waals surface area contributed by atoms with Crippen molar-refractivity contribution in [3.8, 4) is 5.75 Å². The summed E-state index contributed by atoms with van der Waals surface area (Å²) in [5, 5.41) is 3.13. The average molecular weight is 344 g/mol. The number of nitrogens with one attached hydrogen (secondary N) is 1. The first-order valence-corrected chi connectivity index (χ1v) is 8.34. The summed E-state index contributed by atoms with van der Waals surface area (Å²) in [6.07, 6.45) is 1.70. The van der Waals surface area contributed by atoms with Crippen LogP contribution in [-0.2, 0) is 6.54 Å². The van der Waals surface area contributed by atoms with E-state index >= 15 is 0 Å². The Bertz CT molecular complexity index is 884. The maximum absolute atomic E-state index is 11.9. The number of likely N-dealkylation sites (N-methyl/N-ethyl adjacent to an activating group) is 1. The Balaban J connectivity index is 1.77. The molecule has 0 saturated carbocycles. The van der Waals surface area contributed by atoms with Gasteiger partial charge in [0.2, 0.25) is 0 Å². The van der Waals surface area contributed by atoms with Gasteiger partial charge in [0, 0.05) is 23.1 Å². The van der Waals surface area contributed by atoms with Crippen LogP contribution in [0.4, 0.5) is 0 Å². The average Bonchev–Trinajstić information content (AvgIpc) is 3.11. The molecule has 0 unspecified atom stereocenters. The summed E-state index contributed by atoms with van der Waals surface area (Å²) in [6.45, 7) is 1.55. The second-order valence-electron chi connectivity index (χ2n) is 6.33. The van der Waals surface area contributed by atoms with Gasteiger partial charge in [-0.2, -0.15) is 0 Å². The molecule has 6 heteroatoms. The molecule has 0 aliphatic rings. The van der Waals surface area contributed by atoms with Gasteiger partial charge in [0.15, 0.2) is 11.8 Å². The number of hydrogen-bond donors (Lipinski definition) is 2. The smallest absolute Gasteiger partial charge is 0.336 e. The predicted octanol–water partition coefficient (Wildman–Crippen LogP) is 0.344. The lowest BCUT2D eigenvalue weighted by Gasteiger charge is -2.18. The summed E-state index contributed by atoms with van der Waals surface area (Å²) >= 11 is 0. The molecule has 3 rings (SSSR count). The van der Waals surface area contributed by atoms with E-state index in [4.69, 9.17) is 13.6 Å². The highest BCUT2D eigenvalue weighted by atomic mass is 16.5. The highest BCUT2D eigenvalue weighted by Crippen LogP contribution is 2.22. The zero-order valence-electron chi connectivity index (χ0n) is 14.7. The monoisotopic (exact) mass is 344 g/mol. The lowest BCUT2D eigenvalue weighted by atomic mass is 10.1. The van der Waals surface area contributed by atoms with Crippen LogP contribution >= 0.6 is 0 Å². The second kappa shape index (κ2) is 7.55. The highest BCUT2D eigenvalue weighted by molar-refractivity contribution is 5.81. The topological polar surface area (TPSA) is 73.6 Å². The van der Waals surface area contributed by atoms with Crippen LogP contribution in [-0.4, -0.2) is 27.7 Å². The summed E-state index contributed by atoms with van der Waals surface area (Å²) < 4.78 is 16.1. The first-order chi connectivity index (χ1) is 12.1. The molecule has 3 aromatic rings. The number of benzene rings is 1. The van der Waals surface area contributed by atoms with Crippen molar-refractivity contribution in [2.75, 3.05) is 27.7 Å². The normalized spacial score (nSPS) is 12.6. The van der Waals surface area contributed by atoms with Crippen LogP contribution in [0.3, 0.4) is 0 Å². The van der Waals surface area contributed by atoms with Crippen molar-refractivity contribution in [2.24, 2.45) is 0 Å². The number of methoxy groups -OCH3 is 1. The van der Waals surface area contributed by atoms with Crippen molar-refractivity contribution in [1.82, 2.24) is 0 Å². The fraction of sp³-hybridized carbons (Fsp3) is 0.316.